The first-order valence-corrected chi connectivity index (χ1v) is 10.0. The Labute approximate surface area is 183 Å². The number of aliphatic carboxylic acids is 1. The third kappa shape index (κ3) is 7.64. The summed E-state index contributed by atoms with van der Waals surface area (Å²) in [5, 5.41) is 10.8. The van der Waals surface area contributed by atoms with Crippen LogP contribution in [0, 0.1) is 11.3 Å². The van der Waals surface area contributed by atoms with E-state index in [1.54, 1.807) is 7.11 Å². The Morgan fingerprint density at radius 3 is 2.74 bits per heavy atom. The Kier molecular flexibility index (Phi) is 9.11. The number of ether oxygens (including phenoxy) is 2. The lowest BCUT2D eigenvalue weighted by Crippen LogP contribution is -2.38. The highest BCUT2D eigenvalue weighted by molar-refractivity contribution is 6.30. The summed E-state index contributed by atoms with van der Waals surface area (Å²) in [6, 6.07) is 7.98. The fourth-order valence-electron chi connectivity index (χ4n) is 3.88. The minimum absolute atomic E-state index is 0.0598. The predicted octanol–water partition coefficient (Wildman–Crippen LogP) is 2.57. The third-order valence-corrected chi connectivity index (χ3v) is 5.51. The fourth-order valence-corrected chi connectivity index (χ4v) is 4.09. The first-order valence-electron chi connectivity index (χ1n) is 9.66. The zero-order valence-corrected chi connectivity index (χ0v) is 17.8. The molecule has 1 aromatic rings. The molecule has 2 aliphatic heterocycles. The summed E-state index contributed by atoms with van der Waals surface area (Å²) in [6.45, 7) is 5.24. The molecule has 2 N–H and O–H groups in total. The van der Waals surface area contributed by atoms with Crippen molar-refractivity contribution >= 4 is 23.5 Å². The van der Waals surface area contributed by atoms with Crippen molar-refractivity contribution in [3.8, 4) is 0 Å². The van der Waals surface area contributed by atoms with Crippen molar-refractivity contribution in [1.29, 1.82) is 0 Å². The van der Waals surface area contributed by atoms with Crippen LogP contribution in [0.25, 0.3) is 0 Å². The molecule has 1 aromatic carbocycles. The lowest BCUT2D eigenvalue weighted by atomic mass is 9.78. The Morgan fingerprint density at radius 1 is 1.42 bits per heavy atom. The average molecular weight is 467 g/mol. The van der Waals surface area contributed by atoms with E-state index in [0.717, 1.165) is 31.3 Å². The molecule has 2 fully saturated rings. The fraction of sp³-hybridized carbons (Fsp3) is 0.600. The number of carboxylic acid groups (broad SMARTS) is 1. The van der Waals surface area contributed by atoms with Crippen LogP contribution in [0.2, 0.25) is 5.02 Å². The SMILES string of the molecule is COCCNC(=O)C[C@]12COC[C@H]1CN(Cc1cccc(Cl)c1)C2.O=C(O)C(F)(F)F. The summed E-state index contributed by atoms with van der Waals surface area (Å²) in [7, 11) is 1.64. The molecular formula is C20H26ClF3N2O5. The molecule has 1 amide bonds. The summed E-state index contributed by atoms with van der Waals surface area (Å²) in [5.41, 5.74) is 1.15. The van der Waals surface area contributed by atoms with Crippen LogP contribution in [-0.4, -0.2) is 74.6 Å². The van der Waals surface area contributed by atoms with E-state index in [0.29, 0.717) is 32.1 Å². The Bertz CT molecular complexity index is 765. The standard InChI is InChI=1S/C18H25ClN2O3.C2HF3O2/c1-23-6-5-20-17(22)8-18-12-21(10-15(18)11-24-13-18)9-14-3-2-4-16(19)7-14;3-2(4,5)1(6)7/h2-4,7,15H,5-6,8-13H2,1H3,(H,20,22);(H,6,7)/t15-,18+;/m1./s1. The minimum atomic E-state index is -5.08. The molecule has 0 bridgehead atoms. The van der Waals surface area contributed by atoms with Gasteiger partial charge in [-0.3, -0.25) is 9.69 Å². The number of fused-ring (bicyclic) bond motifs is 1. The number of methoxy groups -OCH3 is 1. The highest BCUT2D eigenvalue weighted by atomic mass is 35.5. The van der Waals surface area contributed by atoms with E-state index in [2.05, 4.69) is 16.3 Å². The molecule has 0 spiro atoms. The van der Waals surface area contributed by atoms with Crippen LogP contribution in [0.5, 0.6) is 0 Å². The third-order valence-electron chi connectivity index (χ3n) is 5.27. The van der Waals surface area contributed by atoms with Gasteiger partial charge in [0.15, 0.2) is 0 Å². The monoisotopic (exact) mass is 466 g/mol. The van der Waals surface area contributed by atoms with Crippen LogP contribution < -0.4 is 5.32 Å². The van der Waals surface area contributed by atoms with Gasteiger partial charge in [0.2, 0.25) is 5.91 Å². The number of hydrogen-bond acceptors (Lipinski definition) is 5. The Morgan fingerprint density at radius 2 is 2.13 bits per heavy atom. The zero-order valence-electron chi connectivity index (χ0n) is 17.1. The number of likely N-dealkylation sites (tertiary alicyclic amines) is 1. The molecule has 11 heteroatoms. The van der Waals surface area contributed by atoms with Gasteiger partial charge in [0.05, 0.1) is 19.8 Å². The van der Waals surface area contributed by atoms with Crippen LogP contribution in [-0.2, 0) is 25.6 Å². The second-order valence-electron chi connectivity index (χ2n) is 7.70. The molecule has 2 aliphatic rings. The molecule has 0 saturated carbocycles. The number of rotatable bonds is 7. The lowest BCUT2D eigenvalue weighted by molar-refractivity contribution is -0.192. The van der Waals surface area contributed by atoms with Crippen molar-refractivity contribution in [2.24, 2.45) is 11.3 Å². The van der Waals surface area contributed by atoms with Crippen molar-refractivity contribution in [3.05, 3.63) is 34.9 Å². The number of carbonyl (C=O) groups excluding carboxylic acids is 1. The lowest BCUT2D eigenvalue weighted by Gasteiger charge is -2.26. The van der Waals surface area contributed by atoms with Gasteiger partial charge in [-0.15, -0.1) is 0 Å². The van der Waals surface area contributed by atoms with Crippen LogP contribution in [0.1, 0.15) is 12.0 Å². The smallest absolute Gasteiger partial charge is 0.475 e. The molecule has 0 radical (unpaired) electrons. The molecule has 2 heterocycles. The predicted molar refractivity (Wildman–Crippen MR) is 107 cm³/mol. The number of carbonyl (C=O) groups is 2. The van der Waals surface area contributed by atoms with Crippen LogP contribution >= 0.6 is 11.6 Å². The summed E-state index contributed by atoms with van der Waals surface area (Å²) in [5.74, 6) is -2.25. The number of nitrogens with zero attached hydrogens (tertiary/aromatic N) is 1. The largest absolute Gasteiger partial charge is 0.490 e. The minimum Gasteiger partial charge on any atom is -0.475 e. The van der Waals surface area contributed by atoms with E-state index in [9.17, 15) is 18.0 Å². The number of benzene rings is 1. The normalized spacial score (nSPS) is 23.1. The second-order valence-corrected chi connectivity index (χ2v) is 8.13. The summed E-state index contributed by atoms with van der Waals surface area (Å²) < 4.78 is 42.4. The van der Waals surface area contributed by atoms with Gasteiger partial charge in [-0.25, -0.2) is 4.79 Å². The van der Waals surface area contributed by atoms with Crippen LogP contribution in [0.3, 0.4) is 0 Å². The first-order chi connectivity index (χ1) is 14.6. The maximum atomic E-state index is 12.3. The number of halogens is 4. The van der Waals surface area contributed by atoms with Crippen LogP contribution in [0.15, 0.2) is 24.3 Å². The Balaban J connectivity index is 0.000000423. The van der Waals surface area contributed by atoms with Crippen molar-refractivity contribution in [2.45, 2.75) is 19.1 Å². The second kappa shape index (κ2) is 11.1. The quantitative estimate of drug-likeness (QED) is 0.601. The van der Waals surface area contributed by atoms with Gasteiger partial charge in [-0.2, -0.15) is 13.2 Å². The number of carboxylic acids is 1. The van der Waals surface area contributed by atoms with E-state index in [1.807, 2.05) is 18.2 Å². The maximum absolute atomic E-state index is 12.3. The number of alkyl halides is 3. The van der Waals surface area contributed by atoms with Crippen molar-refractivity contribution in [3.63, 3.8) is 0 Å². The number of amides is 1. The molecular weight excluding hydrogens is 441 g/mol. The topological polar surface area (TPSA) is 88.1 Å². The first kappa shape index (κ1) is 25.4. The molecule has 174 valence electrons. The molecule has 0 aliphatic carbocycles. The summed E-state index contributed by atoms with van der Waals surface area (Å²) in [6.07, 6.45) is -4.56. The van der Waals surface area contributed by atoms with Gasteiger partial charge in [0, 0.05) is 56.1 Å². The summed E-state index contributed by atoms with van der Waals surface area (Å²) in [4.78, 5) is 23.6. The van der Waals surface area contributed by atoms with E-state index in [-0.39, 0.29) is 11.3 Å². The highest BCUT2D eigenvalue weighted by Crippen LogP contribution is 2.44. The molecule has 2 atom stereocenters. The maximum Gasteiger partial charge on any atom is 0.490 e. The molecule has 31 heavy (non-hydrogen) atoms. The average Bonchev–Trinajstić information content (AvgIpc) is 3.17. The number of hydrogen-bond donors (Lipinski definition) is 2. The van der Waals surface area contributed by atoms with Crippen molar-refractivity contribution < 1.29 is 37.3 Å². The van der Waals surface area contributed by atoms with E-state index in [4.69, 9.17) is 31.0 Å². The van der Waals surface area contributed by atoms with Crippen LogP contribution in [0.4, 0.5) is 13.2 Å². The number of nitrogens with one attached hydrogen (secondary N) is 1. The van der Waals surface area contributed by atoms with Crippen molar-refractivity contribution in [2.75, 3.05) is 46.6 Å². The van der Waals surface area contributed by atoms with E-state index in [1.165, 1.54) is 5.56 Å². The van der Waals surface area contributed by atoms with Gasteiger partial charge in [-0.1, -0.05) is 23.7 Å². The van der Waals surface area contributed by atoms with Gasteiger partial charge in [0.1, 0.15) is 0 Å². The molecule has 3 rings (SSSR count). The van der Waals surface area contributed by atoms with Crippen molar-refractivity contribution in [1.82, 2.24) is 10.2 Å². The molecule has 0 unspecified atom stereocenters. The van der Waals surface area contributed by atoms with Gasteiger partial charge in [0.25, 0.3) is 0 Å². The van der Waals surface area contributed by atoms with Gasteiger partial charge < -0.3 is 19.9 Å². The van der Waals surface area contributed by atoms with E-state index >= 15 is 0 Å². The zero-order chi connectivity index (χ0) is 23.1. The Hall–Kier alpha value is -1.88. The van der Waals surface area contributed by atoms with Gasteiger partial charge in [-0.05, 0) is 17.7 Å². The molecule has 0 aromatic heterocycles. The summed E-state index contributed by atoms with van der Waals surface area (Å²) >= 11 is 6.08. The highest BCUT2D eigenvalue weighted by Gasteiger charge is 2.51. The van der Waals surface area contributed by atoms with Gasteiger partial charge >= 0.3 is 12.1 Å². The molecule has 2 saturated heterocycles. The van der Waals surface area contributed by atoms with E-state index < -0.39 is 12.1 Å². The molecule has 7 nitrogen and oxygen atoms in total.